The molecule has 0 fully saturated rings. The smallest absolute Gasteiger partial charge is 0.249 e. The summed E-state index contributed by atoms with van der Waals surface area (Å²) in [5, 5.41) is 0. The number of ether oxygens (including phenoxy) is 2. The van der Waals surface area contributed by atoms with Crippen molar-refractivity contribution < 1.29 is 14.3 Å². The van der Waals surface area contributed by atoms with Gasteiger partial charge in [-0.1, -0.05) is 50.2 Å². The van der Waals surface area contributed by atoms with Gasteiger partial charge in [0.1, 0.15) is 5.75 Å². The second-order valence-corrected chi connectivity index (χ2v) is 7.75. The first-order valence-corrected chi connectivity index (χ1v) is 10.4. The minimum atomic E-state index is -0.331. The molecule has 0 radical (unpaired) electrons. The molecule has 2 aromatic rings. The van der Waals surface area contributed by atoms with E-state index in [0.29, 0.717) is 25.6 Å². The molecule has 0 aliphatic rings. The van der Waals surface area contributed by atoms with Gasteiger partial charge < -0.3 is 20.9 Å². The standard InChI is InChI=1S/C24H33N3O3/c1-17(2)15-18-5-9-20(10-6-18)21-11-7-19(8-12-23(28)27-24(25)26)16-22(21)30-14-4-13-29-3/h5-7,9-11,16-17H,4,8,12-15H2,1-3H3,(H4,25,26,27,28). The van der Waals surface area contributed by atoms with Gasteiger partial charge >= 0.3 is 0 Å². The van der Waals surface area contributed by atoms with Crippen LogP contribution >= 0.6 is 0 Å². The van der Waals surface area contributed by atoms with Gasteiger partial charge in [-0.3, -0.25) is 4.79 Å². The summed E-state index contributed by atoms with van der Waals surface area (Å²) in [5.41, 5.74) is 15.0. The maximum atomic E-state index is 11.8. The van der Waals surface area contributed by atoms with Gasteiger partial charge in [0, 0.05) is 32.1 Å². The molecule has 162 valence electrons. The van der Waals surface area contributed by atoms with Crippen LogP contribution in [0.3, 0.4) is 0 Å². The van der Waals surface area contributed by atoms with E-state index < -0.39 is 0 Å². The molecule has 0 spiro atoms. The van der Waals surface area contributed by atoms with Crippen LogP contribution in [0.15, 0.2) is 47.5 Å². The second kappa shape index (κ2) is 12.0. The zero-order valence-electron chi connectivity index (χ0n) is 18.2. The van der Waals surface area contributed by atoms with Crippen molar-refractivity contribution in [2.45, 2.75) is 39.5 Å². The van der Waals surface area contributed by atoms with Crippen LogP contribution in [0.1, 0.15) is 37.8 Å². The monoisotopic (exact) mass is 411 g/mol. The van der Waals surface area contributed by atoms with E-state index >= 15 is 0 Å². The molecule has 0 heterocycles. The Morgan fingerprint density at radius 2 is 1.73 bits per heavy atom. The highest BCUT2D eigenvalue weighted by molar-refractivity contribution is 5.91. The summed E-state index contributed by atoms with van der Waals surface area (Å²) in [6.07, 6.45) is 2.64. The number of guanidine groups is 1. The lowest BCUT2D eigenvalue weighted by Crippen LogP contribution is -2.24. The third kappa shape index (κ3) is 7.87. The summed E-state index contributed by atoms with van der Waals surface area (Å²) >= 11 is 0. The average Bonchev–Trinajstić information content (AvgIpc) is 2.69. The number of carbonyl (C=O) groups excluding carboxylic acids is 1. The van der Waals surface area contributed by atoms with Crippen molar-refractivity contribution >= 4 is 11.9 Å². The van der Waals surface area contributed by atoms with Gasteiger partial charge in [-0.2, -0.15) is 4.99 Å². The molecule has 2 rings (SSSR count). The molecule has 0 unspecified atom stereocenters. The summed E-state index contributed by atoms with van der Waals surface area (Å²) in [4.78, 5) is 15.3. The van der Waals surface area contributed by atoms with Crippen LogP contribution in [0.2, 0.25) is 0 Å². The maximum absolute atomic E-state index is 11.8. The summed E-state index contributed by atoms with van der Waals surface area (Å²) in [5.74, 6) is 0.881. The highest BCUT2D eigenvalue weighted by Crippen LogP contribution is 2.32. The van der Waals surface area contributed by atoms with Crippen molar-refractivity contribution in [2.24, 2.45) is 22.4 Å². The predicted octanol–water partition coefficient (Wildman–Crippen LogP) is 3.70. The Morgan fingerprint density at radius 1 is 1.03 bits per heavy atom. The Kier molecular flexibility index (Phi) is 9.35. The van der Waals surface area contributed by atoms with Gasteiger partial charge in [-0.15, -0.1) is 0 Å². The fraction of sp³-hybridized carbons (Fsp3) is 0.417. The Hall–Kier alpha value is -2.86. The maximum Gasteiger partial charge on any atom is 0.249 e. The largest absolute Gasteiger partial charge is 0.493 e. The average molecular weight is 412 g/mol. The molecule has 0 aliphatic carbocycles. The van der Waals surface area contributed by atoms with Gasteiger partial charge in [-0.25, -0.2) is 0 Å². The first-order chi connectivity index (χ1) is 14.4. The topological polar surface area (TPSA) is 99.9 Å². The number of hydrogen-bond donors (Lipinski definition) is 2. The third-order valence-electron chi connectivity index (χ3n) is 4.59. The lowest BCUT2D eigenvalue weighted by molar-refractivity contribution is -0.117. The van der Waals surface area contributed by atoms with E-state index in [0.717, 1.165) is 35.3 Å². The van der Waals surface area contributed by atoms with Crippen molar-refractivity contribution in [2.75, 3.05) is 20.3 Å². The van der Waals surface area contributed by atoms with E-state index in [9.17, 15) is 4.79 Å². The van der Waals surface area contributed by atoms with Crippen LogP contribution in [0.25, 0.3) is 11.1 Å². The Bertz CT molecular complexity index is 841. The Morgan fingerprint density at radius 3 is 2.37 bits per heavy atom. The predicted molar refractivity (Wildman–Crippen MR) is 122 cm³/mol. The second-order valence-electron chi connectivity index (χ2n) is 7.75. The molecule has 0 aromatic heterocycles. The van der Waals surface area contributed by atoms with E-state index in [-0.39, 0.29) is 18.3 Å². The number of rotatable bonds is 11. The molecule has 30 heavy (non-hydrogen) atoms. The van der Waals surface area contributed by atoms with Crippen LogP contribution in [-0.2, 0) is 22.4 Å². The van der Waals surface area contributed by atoms with Crippen molar-refractivity contribution in [1.29, 1.82) is 0 Å². The van der Waals surface area contributed by atoms with Crippen LogP contribution in [0, 0.1) is 5.92 Å². The van der Waals surface area contributed by atoms with Gasteiger partial charge in [-0.05, 0) is 41.5 Å². The number of nitrogens with zero attached hydrogens (tertiary/aromatic N) is 1. The number of amides is 1. The summed E-state index contributed by atoms with van der Waals surface area (Å²) in [6.45, 7) is 5.64. The van der Waals surface area contributed by atoms with E-state index in [1.807, 2.05) is 18.2 Å². The first kappa shape index (κ1) is 23.4. The minimum Gasteiger partial charge on any atom is -0.493 e. The first-order valence-electron chi connectivity index (χ1n) is 10.4. The zero-order chi connectivity index (χ0) is 21.9. The Balaban J connectivity index is 2.20. The highest BCUT2D eigenvalue weighted by Gasteiger charge is 2.10. The van der Waals surface area contributed by atoms with Crippen molar-refractivity contribution in [3.05, 3.63) is 53.6 Å². The molecule has 0 atom stereocenters. The highest BCUT2D eigenvalue weighted by atomic mass is 16.5. The molecule has 0 aliphatic heterocycles. The fourth-order valence-electron chi connectivity index (χ4n) is 3.21. The number of hydrogen-bond acceptors (Lipinski definition) is 3. The zero-order valence-corrected chi connectivity index (χ0v) is 18.2. The Labute approximate surface area is 179 Å². The lowest BCUT2D eigenvalue weighted by Gasteiger charge is -2.14. The van der Waals surface area contributed by atoms with Gasteiger partial charge in [0.05, 0.1) is 6.61 Å². The minimum absolute atomic E-state index is 0.210. The van der Waals surface area contributed by atoms with E-state index in [1.54, 1.807) is 7.11 Å². The molecule has 0 bridgehead atoms. The van der Waals surface area contributed by atoms with Crippen LogP contribution in [-0.4, -0.2) is 32.2 Å². The summed E-state index contributed by atoms with van der Waals surface area (Å²) < 4.78 is 11.2. The quantitative estimate of drug-likeness (QED) is 0.334. The molecule has 6 nitrogen and oxygen atoms in total. The van der Waals surface area contributed by atoms with E-state index in [4.69, 9.17) is 20.9 Å². The SMILES string of the molecule is COCCCOc1cc(CCC(=O)N=C(N)N)ccc1-c1ccc(CC(C)C)cc1. The van der Waals surface area contributed by atoms with Crippen LogP contribution in [0.5, 0.6) is 5.75 Å². The number of benzene rings is 2. The van der Waals surface area contributed by atoms with Gasteiger partial charge in [0.25, 0.3) is 0 Å². The van der Waals surface area contributed by atoms with Crippen LogP contribution in [0.4, 0.5) is 0 Å². The van der Waals surface area contributed by atoms with Crippen molar-refractivity contribution in [3.63, 3.8) is 0 Å². The normalized spacial score (nSPS) is 10.8. The fourth-order valence-corrected chi connectivity index (χ4v) is 3.21. The molecule has 1 amide bonds. The molecule has 2 aromatic carbocycles. The molecule has 6 heteroatoms. The molecule has 4 N–H and O–H groups in total. The summed E-state index contributed by atoms with van der Waals surface area (Å²) in [7, 11) is 1.68. The van der Waals surface area contributed by atoms with Crippen molar-refractivity contribution in [1.82, 2.24) is 0 Å². The molecular weight excluding hydrogens is 378 g/mol. The van der Waals surface area contributed by atoms with E-state index in [1.165, 1.54) is 5.56 Å². The molecule has 0 saturated carbocycles. The molecular formula is C24H33N3O3. The van der Waals surface area contributed by atoms with Gasteiger partial charge in [0.15, 0.2) is 5.96 Å². The number of aryl methyl sites for hydroxylation is 1. The van der Waals surface area contributed by atoms with E-state index in [2.05, 4.69) is 43.1 Å². The number of aliphatic imine (C=N–C) groups is 1. The molecule has 0 saturated heterocycles. The number of methoxy groups -OCH3 is 1. The summed E-state index contributed by atoms with van der Waals surface area (Å²) in [6, 6.07) is 14.7. The van der Waals surface area contributed by atoms with Crippen molar-refractivity contribution in [3.8, 4) is 16.9 Å². The van der Waals surface area contributed by atoms with Gasteiger partial charge in [0.2, 0.25) is 5.91 Å². The third-order valence-corrected chi connectivity index (χ3v) is 4.59. The number of carbonyl (C=O) groups is 1. The lowest BCUT2D eigenvalue weighted by atomic mass is 9.97. The number of nitrogens with two attached hydrogens (primary N) is 2. The van der Waals surface area contributed by atoms with Crippen LogP contribution < -0.4 is 16.2 Å².